The van der Waals surface area contributed by atoms with Crippen molar-refractivity contribution in [3.8, 4) is 5.75 Å². The second kappa shape index (κ2) is 7.29. The van der Waals surface area contributed by atoms with Crippen molar-refractivity contribution < 1.29 is 14.6 Å². The fourth-order valence-electron chi connectivity index (χ4n) is 3.29. The third-order valence-corrected chi connectivity index (χ3v) is 5.15. The van der Waals surface area contributed by atoms with Gasteiger partial charge in [-0.05, 0) is 49.4 Å². The van der Waals surface area contributed by atoms with Crippen molar-refractivity contribution in [1.82, 2.24) is 14.7 Å². The number of amides is 1. The zero-order valence-corrected chi connectivity index (χ0v) is 15.2. The van der Waals surface area contributed by atoms with E-state index in [1.54, 1.807) is 29.2 Å². The Hall–Kier alpha value is -2.05. The quantitative estimate of drug-likeness (QED) is 0.872. The molecule has 1 saturated carbocycles. The number of carbonyl (C=O) groups excluding carboxylic acids is 1. The summed E-state index contributed by atoms with van der Waals surface area (Å²) in [7, 11) is 0. The highest BCUT2D eigenvalue weighted by molar-refractivity contribution is 6.30. The van der Waals surface area contributed by atoms with Gasteiger partial charge in [0.15, 0.2) is 6.61 Å². The molecule has 1 N–H and O–H groups in total. The molecule has 7 heteroatoms. The second-order valence-corrected chi connectivity index (χ2v) is 7.42. The van der Waals surface area contributed by atoms with E-state index in [1.165, 1.54) is 0 Å². The summed E-state index contributed by atoms with van der Waals surface area (Å²) in [5, 5.41) is 15.4. The molecule has 26 heavy (non-hydrogen) atoms. The van der Waals surface area contributed by atoms with E-state index in [0.29, 0.717) is 29.8 Å². The highest BCUT2D eigenvalue weighted by atomic mass is 35.5. The lowest BCUT2D eigenvalue weighted by molar-refractivity contribution is -0.134. The Morgan fingerprint density at radius 3 is 2.96 bits per heavy atom. The number of aromatic nitrogens is 2. The first kappa shape index (κ1) is 17.4. The molecule has 4 rings (SSSR count). The van der Waals surface area contributed by atoms with Crippen molar-refractivity contribution in [3.05, 3.63) is 46.7 Å². The molecule has 1 aliphatic heterocycles. The van der Waals surface area contributed by atoms with Gasteiger partial charge in [-0.1, -0.05) is 17.7 Å². The number of fused-ring (bicyclic) bond motifs is 1. The van der Waals surface area contributed by atoms with Crippen LogP contribution in [-0.2, 0) is 17.9 Å². The summed E-state index contributed by atoms with van der Waals surface area (Å²) >= 11 is 5.94. The maximum atomic E-state index is 12.6. The Labute approximate surface area is 157 Å². The van der Waals surface area contributed by atoms with E-state index in [1.807, 2.05) is 10.7 Å². The molecule has 0 unspecified atom stereocenters. The maximum Gasteiger partial charge on any atom is 0.260 e. The first-order chi connectivity index (χ1) is 12.6. The van der Waals surface area contributed by atoms with Crippen LogP contribution in [0.25, 0.3) is 0 Å². The summed E-state index contributed by atoms with van der Waals surface area (Å²) < 4.78 is 7.50. The number of halogens is 1. The maximum absolute atomic E-state index is 12.6. The van der Waals surface area contributed by atoms with E-state index in [0.717, 1.165) is 37.2 Å². The summed E-state index contributed by atoms with van der Waals surface area (Å²) in [5.74, 6) is 0.863. The van der Waals surface area contributed by atoms with Crippen molar-refractivity contribution in [2.45, 2.75) is 38.5 Å². The fraction of sp³-hybridized carbons (Fsp3) is 0.474. The number of ether oxygens (including phenoxy) is 1. The number of hydrogen-bond acceptors (Lipinski definition) is 4. The van der Waals surface area contributed by atoms with E-state index in [2.05, 4.69) is 5.10 Å². The van der Waals surface area contributed by atoms with Gasteiger partial charge in [-0.25, -0.2) is 0 Å². The molecule has 0 saturated heterocycles. The first-order valence-corrected chi connectivity index (χ1v) is 9.39. The van der Waals surface area contributed by atoms with Crippen LogP contribution in [0.2, 0.25) is 5.02 Å². The molecule has 0 bridgehead atoms. The number of carbonyl (C=O) groups is 1. The Balaban J connectivity index is 1.40. The summed E-state index contributed by atoms with van der Waals surface area (Å²) in [4.78, 5) is 14.4. The van der Waals surface area contributed by atoms with Crippen molar-refractivity contribution >= 4 is 17.5 Å². The standard InChI is InChI=1S/C19H22ClN3O3/c20-14-3-1-4-16(9-14)26-12-18(24)22-7-2-8-23-15(11-22)10-17(21-23)19(25)13-5-6-13/h1,3-4,9-10,13,19,25H,2,5-8,11-12H2/t19-/m0/s1. The number of aryl methyl sites for hydroxylation is 1. The normalized spacial score (nSPS) is 18.2. The molecule has 0 spiro atoms. The molecule has 2 aliphatic rings. The van der Waals surface area contributed by atoms with Gasteiger partial charge in [-0.3, -0.25) is 9.48 Å². The molecule has 1 atom stereocenters. The zero-order valence-electron chi connectivity index (χ0n) is 14.5. The number of nitrogens with zero attached hydrogens (tertiary/aromatic N) is 3. The largest absolute Gasteiger partial charge is 0.484 e. The monoisotopic (exact) mass is 375 g/mol. The third-order valence-electron chi connectivity index (χ3n) is 4.92. The number of benzene rings is 1. The van der Waals surface area contributed by atoms with Gasteiger partial charge >= 0.3 is 0 Å². The fourth-order valence-corrected chi connectivity index (χ4v) is 3.47. The predicted molar refractivity (Wildman–Crippen MR) is 96.9 cm³/mol. The first-order valence-electron chi connectivity index (χ1n) is 9.01. The lowest BCUT2D eigenvalue weighted by Gasteiger charge is -2.20. The molecule has 1 aliphatic carbocycles. The van der Waals surface area contributed by atoms with Gasteiger partial charge < -0.3 is 14.7 Å². The number of aliphatic hydroxyl groups excluding tert-OH is 1. The minimum Gasteiger partial charge on any atom is -0.484 e. The van der Waals surface area contributed by atoms with Crippen LogP contribution >= 0.6 is 11.6 Å². The van der Waals surface area contributed by atoms with Crippen LogP contribution in [0.1, 0.15) is 36.8 Å². The molecule has 1 aromatic heterocycles. The van der Waals surface area contributed by atoms with Gasteiger partial charge in [0.25, 0.3) is 5.91 Å². The Bertz CT molecular complexity index is 803. The van der Waals surface area contributed by atoms with Gasteiger partial charge in [0.1, 0.15) is 11.9 Å². The molecule has 2 aromatic rings. The molecule has 1 fully saturated rings. The van der Waals surface area contributed by atoms with Crippen LogP contribution < -0.4 is 4.74 Å². The Morgan fingerprint density at radius 1 is 1.35 bits per heavy atom. The summed E-state index contributed by atoms with van der Waals surface area (Å²) in [6.45, 7) is 1.89. The summed E-state index contributed by atoms with van der Waals surface area (Å²) in [6, 6.07) is 8.96. The molecular formula is C19H22ClN3O3. The Kier molecular flexibility index (Phi) is 4.87. The topological polar surface area (TPSA) is 67.6 Å². The Morgan fingerprint density at radius 2 is 2.19 bits per heavy atom. The van der Waals surface area contributed by atoms with E-state index in [-0.39, 0.29) is 12.5 Å². The number of aliphatic hydroxyl groups is 1. The van der Waals surface area contributed by atoms with E-state index in [9.17, 15) is 9.90 Å². The number of rotatable bonds is 5. The minimum atomic E-state index is -0.482. The average Bonchev–Trinajstić information content (AvgIpc) is 3.43. The van der Waals surface area contributed by atoms with Crippen molar-refractivity contribution in [1.29, 1.82) is 0 Å². The smallest absolute Gasteiger partial charge is 0.260 e. The molecule has 138 valence electrons. The highest BCUT2D eigenvalue weighted by Gasteiger charge is 2.33. The van der Waals surface area contributed by atoms with Crippen LogP contribution in [0.5, 0.6) is 5.75 Å². The van der Waals surface area contributed by atoms with Crippen LogP contribution in [0.4, 0.5) is 0 Å². The molecule has 0 radical (unpaired) electrons. The lowest BCUT2D eigenvalue weighted by Crippen LogP contribution is -2.34. The summed E-state index contributed by atoms with van der Waals surface area (Å²) in [5.41, 5.74) is 1.69. The number of hydrogen-bond donors (Lipinski definition) is 1. The predicted octanol–water partition coefficient (Wildman–Crippen LogP) is 2.79. The van der Waals surface area contributed by atoms with E-state index < -0.39 is 6.10 Å². The second-order valence-electron chi connectivity index (χ2n) is 6.98. The lowest BCUT2D eigenvalue weighted by atomic mass is 10.1. The van der Waals surface area contributed by atoms with Crippen molar-refractivity contribution in [3.63, 3.8) is 0 Å². The third kappa shape index (κ3) is 3.86. The van der Waals surface area contributed by atoms with Crippen LogP contribution in [0.15, 0.2) is 30.3 Å². The van der Waals surface area contributed by atoms with Crippen LogP contribution in [-0.4, -0.2) is 38.8 Å². The van der Waals surface area contributed by atoms with E-state index in [4.69, 9.17) is 16.3 Å². The van der Waals surface area contributed by atoms with E-state index >= 15 is 0 Å². The van der Waals surface area contributed by atoms with Gasteiger partial charge in [0.2, 0.25) is 0 Å². The van der Waals surface area contributed by atoms with Gasteiger partial charge in [0, 0.05) is 18.1 Å². The van der Waals surface area contributed by atoms with Crippen LogP contribution in [0, 0.1) is 5.92 Å². The molecular weight excluding hydrogens is 354 g/mol. The van der Waals surface area contributed by atoms with Crippen molar-refractivity contribution in [2.24, 2.45) is 5.92 Å². The molecule has 2 heterocycles. The zero-order chi connectivity index (χ0) is 18.1. The van der Waals surface area contributed by atoms with Gasteiger partial charge in [-0.15, -0.1) is 0 Å². The molecule has 1 aromatic carbocycles. The van der Waals surface area contributed by atoms with Gasteiger partial charge in [-0.2, -0.15) is 5.10 Å². The average molecular weight is 376 g/mol. The molecule has 1 amide bonds. The van der Waals surface area contributed by atoms with Gasteiger partial charge in [0.05, 0.1) is 17.9 Å². The van der Waals surface area contributed by atoms with Crippen molar-refractivity contribution in [2.75, 3.05) is 13.2 Å². The SMILES string of the molecule is O=C(COc1cccc(Cl)c1)N1CCCn2nc([C@@H](O)C3CC3)cc2C1. The summed E-state index contributed by atoms with van der Waals surface area (Å²) in [6.07, 6.45) is 2.48. The highest BCUT2D eigenvalue weighted by Crippen LogP contribution is 2.40. The minimum absolute atomic E-state index is 0.0218. The molecule has 6 nitrogen and oxygen atoms in total. The van der Waals surface area contributed by atoms with Crippen LogP contribution in [0.3, 0.4) is 0 Å².